The molecule has 0 aromatic carbocycles. The molecule has 6 heavy (non-hydrogen) atoms. The predicted molar refractivity (Wildman–Crippen MR) is 40.1 cm³/mol. The van der Waals surface area contributed by atoms with Gasteiger partial charge in [-0.15, -0.1) is 12.6 Å². The molecule has 0 aliphatic heterocycles. The van der Waals surface area contributed by atoms with Gasteiger partial charge < -0.3 is 5.32 Å². The van der Waals surface area contributed by atoms with Gasteiger partial charge in [0.2, 0.25) is 0 Å². The van der Waals surface area contributed by atoms with E-state index >= 15 is 0 Å². The second-order valence-electron chi connectivity index (χ2n) is 0.727. The third-order valence-electron chi connectivity index (χ3n) is 0.352. The zero-order valence-corrected chi connectivity index (χ0v) is 6.45. The molecule has 0 aliphatic carbocycles. The highest BCUT2D eigenvalue weighted by Gasteiger charge is 1.73. The van der Waals surface area contributed by atoms with E-state index in [1.165, 1.54) is 0 Å². The fourth-order valence-corrected chi connectivity index (χ4v) is 0.194. The van der Waals surface area contributed by atoms with Gasteiger partial charge >= 0.3 is 0 Å². The Kier molecular flexibility index (Phi) is 4.19. The summed E-state index contributed by atoms with van der Waals surface area (Å²) in [4.78, 5) is 0. The first-order chi connectivity index (χ1) is 2.81. The minimum Gasteiger partial charge on any atom is -0.383 e. The molecule has 0 bridgehead atoms. The Bertz CT molecular complexity index is 61.8. The van der Waals surface area contributed by atoms with Crippen LogP contribution < -0.4 is 5.32 Å². The zero-order valence-electron chi connectivity index (χ0n) is 3.40. The van der Waals surface area contributed by atoms with Crippen molar-refractivity contribution in [1.29, 1.82) is 0 Å². The number of rotatable bonds is 1. The topological polar surface area (TPSA) is 12.0 Å². The second-order valence-corrected chi connectivity index (χ2v) is 2.15. The van der Waals surface area contributed by atoms with Crippen LogP contribution in [0.5, 0.6) is 0 Å². The lowest BCUT2D eigenvalue weighted by molar-refractivity contribution is 1.10. The predicted octanol–water partition coefficient (Wildman–Crippen LogP) is 1.37. The first kappa shape index (κ1) is 6.62. The van der Waals surface area contributed by atoms with Crippen molar-refractivity contribution in [2.24, 2.45) is 0 Å². The molecule has 0 aliphatic rings. The van der Waals surface area contributed by atoms with Crippen molar-refractivity contribution in [3.8, 4) is 0 Å². The molecule has 0 saturated heterocycles. The van der Waals surface area contributed by atoms with Gasteiger partial charge in [-0.05, 0) is 28.0 Å². The summed E-state index contributed by atoms with van der Waals surface area (Å²) in [7, 11) is 1.86. The standard InChI is InChI=1S/C3H6INS/c1-5-3(4)2-6/h2,5-6H,1H3/b3-2-. The fraction of sp³-hybridized carbons (Fsp3) is 0.333. The molecule has 0 aromatic heterocycles. The molecule has 0 fully saturated rings. The first-order valence-corrected chi connectivity index (χ1v) is 3.08. The highest BCUT2D eigenvalue weighted by Crippen LogP contribution is 1.98. The highest BCUT2D eigenvalue weighted by molar-refractivity contribution is 14.1. The molecule has 3 heteroatoms. The molecular weight excluding hydrogens is 209 g/mol. The Morgan fingerprint density at radius 2 is 2.50 bits per heavy atom. The van der Waals surface area contributed by atoms with Crippen molar-refractivity contribution < 1.29 is 0 Å². The number of halogens is 1. The Hall–Kier alpha value is 0.620. The van der Waals surface area contributed by atoms with Crippen molar-refractivity contribution in [3.63, 3.8) is 0 Å². The van der Waals surface area contributed by atoms with Crippen LogP contribution in [0.25, 0.3) is 0 Å². The lowest BCUT2D eigenvalue weighted by atomic mass is 11.0. The summed E-state index contributed by atoms with van der Waals surface area (Å²) in [5.74, 6) is 0. The SMILES string of the molecule is CN/C(I)=C\S. The van der Waals surface area contributed by atoms with E-state index in [9.17, 15) is 0 Å². The third kappa shape index (κ3) is 2.84. The van der Waals surface area contributed by atoms with Gasteiger partial charge in [0.05, 0.1) is 3.70 Å². The van der Waals surface area contributed by atoms with Crippen LogP contribution in [0, 0.1) is 0 Å². The summed E-state index contributed by atoms with van der Waals surface area (Å²) >= 11 is 6.01. The molecule has 0 atom stereocenters. The molecule has 0 radical (unpaired) electrons. The van der Waals surface area contributed by atoms with Gasteiger partial charge in [0.25, 0.3) is 0 Å². The van der Waals surface area contributed by atoms with Crippen molar-refractivity contribution in [2.75, 3.05) is 7.05 Å². The van der Waals surface area contributed by atoms with E-state index in [4.69, 9.17) is 0 Å². The fourth-order valence-electron chi connectivity index (χ4n) is 0.0645. The second kappa shape index (κ2) is 3.80. The third-order valence-corrected chi connectivity index (χ3v) is 1.95. The van der Waals surface area contributed by atoms with Gasteiger partial charge in [-0.3, -0.25) is 0 Å². The Labute approximate surface area is 56.7 Å². The monoisotopic (exact) mass is 215 g/mol. The summed E-state index contributed by atoms with van der Waals surface area (Å²) in [6.07, 6.45) is 0. The number of nitrogens with one attached hydrogen (secondary N) is 1. The Morgan fingerprint density at radius 3 is 2.50 bits per heavy atom. The summed E-state index contributed by atoms with van der Waals surface area (Å²) in [6.45, 7) is 0. The molecule has 0 amide bonds. The molecule has 0 spiro atoms. The average Bonchev–Trinajstić information content (AvgIpc) is 1.65. The van der Waals surface area contributed by atoms with Gasteiger partial charge in [0, 0.05) is 7.05 Å². The van der Waals surface area contributed by atoms with Crippen LogP contribution in [0.15, 0.2) is 9.11 Å². The van der Waals surface area contributed by atoms with E-state index in [2.05, 4.69) is 40.5 Å². The van der Waals surface area contributed by atoms with Crippen molar-refractivity contribution in [3.05, 3.63) is 9.11 Å². The average molecular weight is 215 g/mol. The molecule has 0 saturated carbocycles. The normalized spacial score (nSPS) is 11.5. The van der Waals surface area contributed by atoms with Crippen LogP contribution in [0.1, 0.15) is 0 Å². The maximum atomic E-state index is 3.86. The summed E-state index contributed by atoms with van der Waals surface area (Å²) in [5, 5.41) is 4.59. The molecular formula is C3H6INS. The number of hydrogen-bond donors (Lipinski definition) is 2. The lowest BCUT2D eigenvalue weighted by Crippen LogP contribution is -1.96. The number of hydrogen-bond acceptors (Lipinski definition) is 2. The van der Waals surface area contributed by atoms with Gasteiger partial charge in [0.1, 0.15) is 0 Å². The lowest BCUT2D eigenvalue weighted by Gasteiger charge is -1.88. The van der Waals surface area contributed by atoms with Gasteiger partial charge in [0.15, 0.2) is 0 Å². The van der Waals surface area contributed by atoms with E-state index in [1.807, 2.05) is 7.05 Å². The largest absolute Gasteiger partial charge is 0.383 e. The molecule has 0 heterocycles. The van der Waals surface area contributed by atoms with Crippen molar-refractivity contribution >= 4 is 35.2 Å². The van der Waals surface area contributed by atoms with E-state index < -0.39 is 0 Å². The van der Waals surface area contributed by atoms with Crippen LogP contribution in [-0.2, 0) is 0 Å². The van der Waals surface area contributed by atoms with Gasteiger partial charge in [-0.25, -0.2) is 0 Å². The van der Waals surface area contributed by atoms with Crippen LogP contribution in [0.2, 0.25) is 0 Å². The minimum absolute atomic E-state index is 1.05. The van der Waals surface area contributed by atoms with E-state index in [0.29, 0.717) is 0 Å². The van der Waals surface area contributed by atoms with Gasteiger partial charge in [-0.2, -0.15) is 0 Å². The Morgan fingerprint density at radius 1 is 2.00 bits per heavy atom. The van der Waals surface area contributed by atoms with Gasteiger partial charge in [-0.1, -0.05) is 0 Å². The van der Waals surface area contributed by atoms with Crippen LogP contribution in [0.4, 0.5) is 0 Å². The van der Waals surface area contributed by atoms with Crippen molar-refractivity contribution in [1.82, 2.24) is 5.32 Å². The van der Waals surface area contributed by atoms with Crippen LogP contribution in [0.3, 0.4) is 0 Å². The number of thiol groups is 1. The molecule has 1 nitrogen and oxygen atoms in total. The maximum absolute atomic E-state index is 3.86. The quantitative estimate of drug-likeness (QED) is 0.382. The summed E-state index contributed by atoms with van der Waals surface area (Å²) in [6, 6.07) is 0. The molecule has 0 aromatic rings. The molecule has 0 unspecified atom stereocenters. The van der Waals surface area contributed by atoms with E-state index in [1.54, 1.807) is 5.41 Å². The van der Waals surface area contributed by atoms with E-state index in [-0.39, 0.29) is 0 Å². The maximum Gasteiger partial charge on any atom is 0.0790 e. The first-order valence-electron chi connectivity index (χ1n) is 1.49. The molecule has 36 valence electrons. The Balaban J connectivity index is 3.22. The summed E-state index contributed by atoms with van der Waals surface area (Å²) < 4.78 is 1.05. The van der Waals surface area contributed by atoms with Crippen LogP contribution >= 0.6 is 35.2 Å². The minimum atomic E-state index is 1.05. The van der Waals surface area contributed by atoms with Crippen LogP contribution in [-0.4, -0.2) is 7.05 Å². The smallest absolute Gasteiger partial charge is 0.0790 e. The zero-order chi connectivity index (χ0) is 4.99. The van der Waals surface area contributed by atoms with Crippen molar-refractivity contribution in [2.45, 2.75) is 0 Å². The summed E-state index contributed by atoms with van der Waals surface area (Å²) in [5.41, 5.74) is 0. The molecule has 0 rings (SSSR count). The molecule has 1 N–H and O–H groups in total. The highest BCUT2D eigenvalue weighted by atomic mass is 127. The van der Waals surface area contributed by atoms with E-state index in [0.717, 1.165) is 3.70 Å².